The van der Waals surface area contributed by atoms with Crippen LogP contribution in [0.4, 0.5) is 0 Å². The fourth-order valence-electron chi connectivity index (χ4n) is 2.76. The van der Waals surface area contributed by atoms with Crippen molar-refractivity contribution in [3.63, 3.8) is 0 Å². The van der Waals surface area contributed by atoms with Gasteiger partial charge in [-0.2, -0.15) is 0 Å². The zero-order chi connectivity index (χ0) is 12.6. The summed E-state index contributed by atoms with van der Waals surface area (Å²) in [4.78, 5) is 2.60. The molecule has 0 aliphatic carbocycles. The molecule has 0 aliphatic heterocycles. The predicted octanol–water partition coefficient (Wildman–Crippen LogP) is 3.28. The summed E-state index contributed by atoms with van der Waals surface area (Å²) in [6.07, 6.45) is 3.64. The third-order valence-corrected chi connectivity index (χ3v) is 4.00. The Hall–Kier alpha value is -0.0800. The van der Waals surface area contributed by atoms with Gasteiger partial charge in [0, 0.05) is 11.6 Å². The van der Waals surface area contributed by atoms with Gasteiger partial charge in [-0.1, -0.05) is 34.6 Å². The van der Waals surface area contributed by atoms with Crippen LogP contribution in [0, 0.1) is 0 Å². The van der Waals surface area contributed by atoms with Crippen LogP contribution in [-0.4, -0.2) is 36.1 Å². The topological polar surface area (TPSA) is 15.3 Å². The molecule has 0 heterocycles. The van der Waals surface area contributed by atoms with Crippen molar-refractivity contribution in [1.29, 1.82) is 0 Å². The molecule has 16 heavy (non-hydrogen) atoms. The number of likely N-dealkylation sites (N-methyl/N-ethyl adjacent to an activating group) is 1. The lowest BCUT2D eigenvalue weighted by Gasteiger charge is -2.46. The molecule has 0 aliphatic rings. The van der Waals surface area contributed by atoms with Crippen molar-refractivity contribution in [3.05, 3.63) is 0 Å². The molecule has 0 amide bonds. The Labute approximate surface area is 103 Å². The first-order valence-corrected chi connectivity index (χ1v) is 7.08. The van der Waals surface area contributed by atoms with Crippen LogP contribution < -0.4 is 5.32 Å². The van der Waals surface area contributed by atoms with Crippen molar-refractivity contribution in [2.24, 2.45) is 0 Å². The molecule has 0 spiro atoms. The van der Waals surface area contributed by atoms with E-state index in [4.69, 9.17) is 0 Å². The minimum Gasteiger partial charge on any atom is -0.312 e. The molecular formula is C14H32N2. The molecule has 0 saturated carbocycles. The molecule has 0 aromatic heterocycles. The SMILES string of the molecule is CCCNC(CC)C(C)(CC)N(CC)CC. The molecule has 0 aromatic rings. The second-order valence-corrected chi connectivity index (χ2v) is 4.80. The van der Waals surface area contributed by atoms with E-state index >= 15 is 0 Å². The average Bonchev–Trinajstić information content (AvgIpc) is 2.31. The number of nitrogens with one attached hydrogen (secondary N) is 1. The van der Waals surface area contributed by atoms with Crippen molar-refractivity contribution in [2.75, 3.05) is 19.6 Å². The Morgan fingerprint density at radius 1 is 1.06 bits per heavy atom. The lowest BCUT2D eigenvalue weighted by Crippen LogP contribution is -2.59. The maximum Gasteiger partial charge on any atom is 0.0331 e. The highest BCUT2D eigenvalue weighted by atomic mass is 15.2. The minimum atomic E-state index is 0.299. The standard InChI is InChI=1S/C14H32N2/c1-7-12-15-13(8-2)14(6,9-3)16(10-4)11-5/h13,15H,7-12H2,1-6H3. The second-order valence-electron chi connectivity index (χ2n) is 4.80. The number of nitrogens with zero attached hydrogens (tertiary/aromatic N) is 1. The lowest BCUT2D eigenvalue weighted by atomic mass is 9.85. The van der Waals surface area contributed by atoms with E-state index in [0.717, 1.165) is 19.6 Å². The molecule has 0 aromatic carbocycles. The molecule has 1 N–H and O–H groups in total. The lowest BCUT2D eigenvalue weighted by molar-refractivity contribution is 0.0686. The van der Waals surface area contributed by atoms with Gasteiger partial charge in [0.05, 0.1) is 0 Å². The van der Waals surface area contributed by atoms with Gasteiger partial charge in [0.1, 0.15) is 0 Å². The van der Waals surface area contributed by atoms with Crippen LogP contribution in [0.5, 0.6) is 0 Å². The fraction of sp³-hybridized carbons (Fsp3) is 1.00. The molecule has 0 saturated heterocycles. The Balaban J connectivity index is 4.71. The van der Waals surface area contributed by atoms with Crippen molar-refractivity contribution >= 4 is 0 Å². The van der Waals surface area contributed by atoms with Gasteiger partial charge in [-0.25, -0.2) is 0 Å². The summed E-state index contributed by atoms with van der Waals surface area (Å²) in [5.41, 5.74) is 0.299. The van der Waals surface area contributed by atoms with Gasteiger partial charge in [0.15, 0.2) is 0 Å². The van der Waals surface area contributed by atoms with Crippen LogP contribution in [0.3, 0.4) is 0 Å². The zero-order valence-electron chi connectivity index (χ0n) is 12.3. The van der Waals surface area contributed by atoms with Crippen molar-refractivity contribution in [2.45, 2.75) is 72.4 Å². The number of hydrogen-bond donors (Lipinski definition) is 1. The molecule has 2 atom stereocenters. The van der Waals surface area contributed by atoms with Crippen molar-refractivity contribution in [1.82, 2.24) is 10.2 Å². The van der Waals surface area contributed by atoms with Crippen LogP contribution in [-0.2, 0) is 0 Å². The Morgan fingerprint density at radius 3 is 1.94 bits per heavy atom. The van der Waals surface area contributed by atoms with Gasteiger partial charge < -0.3 is 5.32 Å². The second kappa shape index (κ2) is 8.08. The predicted molar refractivity (Wildman–Crippen MR) is 74.0 cm³/mol. The molecular weight excluding hydrogens is 196 g/mol. The third-order valence-electron chi connectivity index (χ3n) is 4.00. The van der Waals surface area contributed by atoms with Gasteiger partial charge in [0.2, 0.25) is 0 Å². The Bertz CT molecular complexity index is 166. The van der Waals surface area contributed by atoms with Crippen LogP contribution in [0.1, 0.15) is 60.8 Å². The largest absolute Gasteiger partial charge is 0.312 e. The number of rotatable bonds is 9. The summed E-state index contributed by atoms with van der Waals surface area (Å²) < 4.78 is 0. The molecule has 2 unspecified atom stereocenters. The molecule has 0 rings (SSSR count). The first-order chi connectivity index (χ1) is 7.60. The smallest absolute Gasteiger partial charge is 0.0331 e. The summed E-state index contributed by atoms with van der Waals surface area (Å²) in [7, 11) is 0. The summed E-state index contributed by atoms with van der Waals surface area (Å²) in [5, 5.41) is 3.72. The fourth-order valence-corrected chi connectivity index (χ4v) is 2.76. The van der Waals surface area contributed by atoms with E-state index in [-0.39, 0.29) is 0 Å². The van der Waals surface area contributed by atoms with Crippen LogP contribution in [0.15, 0.2) is 0 Å². The molecule has 98 valence electrons. The normalized spacial score (nSPS) is 17.4. The molecule has 0 radical (unpaired) electrons. The average molecular weight is 228 g/mol. The van der Waals surface area contributed by atoms with E-state index < -0.39 is 0 Å². The van der Waals surface area contributed by atoms with E-state index in [9.17, 15) is 0 Å². The highest BCUT2D eigenvalue weighted by Gasteiger charge is 2.35. The maximum atomic E-state index is 3.72. The van der Waals surface area contributed by atoms with E-state index in [2.05, 4.69) is 51.8 Å². The van der Waals surface area contributed by atoms with Crippen LogP contribution in [0.2, 0.25) is 0 Å². The molecule has 0 bridgehead atoms. The van der Waals surface area contributed by atoms with E-state index in [1.54, 1.807) is 0 Å². The van der Waals surface area contributed by atoms with Gasteiger partial charge in [-0.15, -0.1) is 0 Å². The van der Waals surface area contributed by atoms with Gasteiger partial charge >= 0.3 is 0 Å². The summed E-state index contributed by atoms with van der Waals surface area (Å²) in [6, 6.07) is 0.609. The van der Waals surface area contributed by atoms with Crippen LogP contribution in [0.25, 0.3) is 0 Å². The molecule has 0 fully saturated rings. The minimum absolute atomic E-state index is 0.299. The highest BCUT2D eigenvalue weighted by molar-refractivity contribution is 4.95. The third kappa shape index (κ3) is 3.74. The number of hydrogen-bond acceptors (Lipinski definition) is 2. The van der Waals surface area contributed by atoms with Gasteiger partial charge in [0.25, 0.3) is 0 Å². The first kappa shape index (κ1) is 15.9. The van der Waals surface area contributed by atoms with Crippen LogP contribution >= 0.6 is 0 Å². The van der Waals surface area contributed by atoms with Gasteiger partial charge in [-0.05, 0) is 45.8 Å². The summed E-state index contributed by atoms with van der Waals surface area (Å²) in [6.45, 7) is 17.2. The maximum absolute atomic E-state index is 3.72. The Kier molecular flexibility index (Phi) is 8.04. The van der Waals surface area contributed by atoms with E-state index in [0.29, 0.717) is 11.6 Å². The highest BCUT2D eigenvalue weighted by Crippen LogP contribution is 2.25. The Morgan fingerprint density at radius 2 is 1.62 bits per heavy atom. The molecule has 2 nitrogen and oxygen atoms in total. The van der Waals surface area contributed by atoms with E-state index in [1.165, 1.54) is 19.3 Å². The van der Waals surface area contributed by atoms with Crippen molar-refractivity contribution < 1.29 is 0 Å². The summed E-state index contributed by atoms with van der Waals surface area (Å²) >= 11 is 0. The van der Waals surface area contributed by atoms with E-state index in [1.807, 2.05) is 0 Å². The zero-order valence-corrected chi connectivity index (χ0v) is 12.3. The first-order valence-electron chi connectivity index (χ1n) is 7.08. The quantitative estimate of drug-likeness (QED) is 0.651. The van der Waals surface area contributed by atoms with Crippen molar-refractivity contribution in [3.8, 4) is 0 Å². The monoisotopic (exact) mass is 228 g/mol. The summed E-state index contributed by atoms with van der Waals surface area (Å²) in [5.74, 6) is 0. The van der Waals surface area contributed by atoms with Gasteiger partial charge in [-0.3, -0.25) is 4.90 Å². The molecule has 2 heteroatoms.